The number of benzene rings is 1. The summed E-state index contributed by atoms with van der Waals surface area (Å²) in [6, 6.07) is 7.60. The van der Waals surface area contributed by atoms with Crippen molar-refractivity contribution in [2.24, 2.45) is 0 Å². The summed E-state index contributed by atoms with van der Waals surface area (Å²) in [5.74, 6) is -0.598. The molecule has 0 bridgehead atoms. The van der Waals surface area contributed by atoms with E-state index in [0.29, 0.717) is 20.5 Å². The summed E-state index contributed by atoms with van der Waals surface area (Å²) in [4.78, 5) is 16.2. The summed E-state index contributed by atoms with van der Waals surface area (Å²) in [5.41, 5.74) is 0.358. The van der Waals surface area contributed by atoms with Gasteiger partial charge in [0.2, 0.25) is 0 Å². The van der Waals surface area contributed by atoms with Crippen molar-refractivity contribution >= 4 is 29.1 Å². The average Bonchev–Trinajstić information content (AvgIpc) is 2.34. The van der Waals surface area contributed by atoms with Crippen LogP contribution in [0.1, 0.15) is 17.3 Å². The molecule has 2 rings (SSSR count). The molecule has 0 saturated heterocycles. The number of rotatable bonds is 3. The standard InChI is InChI=1S/C13H9ClFNOS/c1-8(17)11-6-10(15)3-4-12(11)18-13-5-2-9(14)7-16-13/h2-7H,1H3. The molecule has 1 heterocycles. The lowest BCUT2D eigenvalue weighted by molar-refractivity contribution is 0.101. The van der Waals surface area contributed by atoms with Crippen LogP contribution in [0.25, 0.3) is 0 Å². The molecule has 0 radical (unpaired) electrons. The van der Waals surface area contributed by atoms with Crippen LogP contribution in [0.5, 0.6) is 0 Å². The van der Waals surface area contributed by atoms with Crippen LogP contribution in [0.15, 0.2) is 46.5 Å². The molecule has 2 aromatic rings. The molecule has 0 aliphatic carbocycles. The number of aromatic nitrogens is 1. The second kappa shape index (κ2) is 5.50. The van der Waals surface area contributed by atoms with Crippen LogP contribution >= 0.6 is 23.4 Å². The van der Waals surface area contributed by atoms with Gasteiger partial charge in [-0.25, -0.2) is 9.37 Å². The van der Waals surface area contributed by atoms with Gasteiger partial charge in [0.1, 0.15) is 10.8 Å². The third-order valence-corrected chi connectivity index (χ3v) is 3.49. The van der Waals surface area contributed by atoms with E-state index in [-0.39, 0.29) is 5.78 Å². The highest BCUT2D eigenvalue weighted by Crippen LogP contribution is 2.30. The molecule has 0 aliphatic heterocycles. The number of nitrogens with zero attached hydrogens (tertiary/aromatic N) is 1. The topological polar surface area (TPSA) is 30.0 Å². The number of carbonyl (C=O) groups is 1. The van der Waals surface area contributed by atoms with Gasteiger partial charge in [0.25, 0.3) is 0 Å². The van der Waals surface area contributed by atoms with Gasteiger partial charge >= 0.3 is 0 Å². The van der Waals surface area contributed by atoms with Gasteiger partial charge in [-0.15, -0.1) is 0 Å². The smallest absolute Gasteiger partial charge is 0.161 e. The minimum absolute atomic E-state index is 0.175. The van der Waals surface area contributed by atoms with Crippen molar-refractivity contribution in [3.8, 4) is 0 Å². The Kier molecular flexibility index (Phi) is 3.99. The molecule has 0 atom stereocenters. The number of pyridine rings is 1. The van der Waals surface area contributed by atoms with Gasteiger partial charge in [-0.1, -0.05) is 23.4 Å². The van der Waals surface area contributed by atoms with Crippen LogP contribution in [0, 0.1) is 5.82 Å². The third-order valence-electron chi connectivity index (χ3n) is 2.24. The number of carbonyl (C=O) groups excluding carboxylic acids is 1. The van der Waals surface area contributed by atoms with E-state index < -0.39 is 5.82 Å². The maximum Gasteiger partial charge on any atom is 0.161 e. The lowest BCUT2D eigenvalue weighted by Gasteiger charge is -2.06. The van der Waals surface area contributed by atoms with Crippen LogP contribution in [0.4, 0.5) is 4.39 Å². The molecule has 0 saturated carbocycles. The van der Waals surface area contributed by atoms with Crippen molar-refractivity contribution in [3.05, 3.63) is 52.9 Å². The Balaban J connectivity index is 2.34. The minimum Gasteiger partial charge on any atom is -0.294 e. The second-order valence-electron chi connectivity index (χ2n) is 3.61. The molecule has 1 aromatic heterocycles. The Morgan fingerprint density at radius 2 is 2.11 bits per heavy atom. The number of hydrogen-bond donors (Lipinski definition) is 0. The van der Waals surface area contributed by atoms with Crippen LogP contribution < -0.4 is 0 Å². The highest BCUT2D eigenvalue weighted by molar-refractivity contribution is 7.99. The summed E-state index contributed by atoms with van der Waals surface area (Å²) in [6.07, 6.45) is 1.53. The minimum atomic E-state index is -0.423. The van der Waals surface area contributed by atoms with E-state index in [0.717, 1.165) is 0 Å². The highest BCUT2D eigenvalue weighted by atomic mass is 35.5. The van der Waals surface area contributed by atoms with Crippen molar-refractivity contribution in [2.45, 2.75) is 16.8 Å². The zero-order valence-corrected chi connectivity index (χ0v) is 11.1. The first-order valence-electron chi connectivity index (χ1n) is 5.16. The normalized spacial score (nSPS) is 10.4. The van der Waals surface area contributed by atoms with Crippen LogP contribution in [0.2, 0.25) is 5.02 Å². The lowest BCUT2D eigenvalue weighted by atomic mass is 10.1. The van der Waals surface area contributed by atoms with E-state index in [1.165, 1.54) is 37.0 Å². The zero-order valence-electron chi connectivity index (χ0n) is 9.48. The van der Waals surface area contributed by atoms with Crippen molar-refractivity contribution < 1.29 is 9.18 Å². The maximum absolute atomic E-state index is 13.1. The summed E-state index contributed by atoms with van der Waals surface area (Å²) in [6.45, 7) is 1.41. The predicted octanol–water partition coefficient (Wildman–Crippen LogP) is 4.23. The fraction of sp³-hybridized carbons (Fsp3) is 0.0769. The lowest BCUT2D eigenvalue weighted by Crippen LogP contribution is -1.96. The molecule has 1 aromatic carbocycles. The highest BCUT2D eigenvalue weighted by Gasteiger charge is 2.10. The molecule has 0 fully saturated rings. The molecular formula is C13H9ClFNOS. The first-order valence-corrected chi connectivity index (χ1v) is 6.35. The summed E-state index contributed by atoms with van der Waals surface area (Å²) < 4.78 is 13.1. The molecule has 0 aliphatic rings. The molecule has 2 nitrogen and oxygen atoms in total. The van der Waals surface area contributed by atoms with Crippen molar-refractivity contribution in [1.82, 2.24) is 4.98 Å². The van der Waals surface area contributed by atoms with Crippen molar-refractivity contribution in [3.63, 3.8) is 0 Å². The van der Waals surface area contributed by atoms with Crippen molar-refractivity contribution in [1.29, 1.82) is 0 Å². The Morgan fingerprint density at radius 1 is 1.33 bits per heavy atom. The molecule has 0 N–H and O–H groups in total. The SMILES string of the molecule is CC(=O)c1cc(F)ccc1Sc1ccc(Cl)cn1. The van der Waals surface area contributed by atoms with Crippen LogP contribution in [0.3, 0.4) is 0 Å². The third kappa shape index (κ3) is 3.09. The summed E-state index contributed by atoms with van der Waals surface area (Å²) in [7, 11) is 0. The fourth-order valence-corrected chi connectivity index (χ4v) is 2.43. The fourth-order valence-electron chi connectivity index (χ4n) is 1.40. The van der Waals surface area contributed by atoms with E-state index in [1.807, 2.05) is 0 Å². The molecule has 18 heavy (non-hydrogen) atoms. The van der Waals surface area contributed by atoms with E-state index in [1.54, 1.807) is 18.2 Å². The van der Waals surface area contributed by atoms with E-state index in [2.05, 4.69) is 4.98 Å². The Bertz CT molecular complexity index is 586. The molecule has 92 valence electrons. The van der Waals surface area contributed by atoms with Gasteiger partial charge in [-0.05, 0) is 37.3 Å². The first-order chi connectivity index (χ1) is 8.56. The van der Waals surface area contributed by atoms with Crippen LogP contribution in [-0.4, -0.2) is 10.8 Å². The number of Topliss-reactive ketones (excluding diaryl/α,β-unsaturated/α-hetero) is 1. The van der Waals surface area contributed by atoms with Gasteiger partial charge < -0.3 is 0 Å². The Hall–Kier alpha value is -1.39. The van der Waals surface area contributed by atoms with Gasteiger partial charge in [-0.2, -0.15) is 0 Å². The number of halogens is 2. The van der Waals surface area contributed by atoms with E-state index >= 15 is 0 Å². The first kappa shape index (κ1) is 13.1. The van der Waals surface area contributed by atoms with Gasteiger partial charge in [0.05, 0.1) is 5.02 Å². The van der Waals surface area contributed by atoms with Gasteiger partial charge in [0, 0.05) is 16.7 Å². The molecule has 0 unspecified atom stereocenters. The van der Waals surface area contributed by atoms with E-state index in [9.17, 15) is 9.18 Å². The Morgan fingerprint density at radius 3 is 2.72 bits per heavy atom. The molecular weight excluding hydrogens is 273 g/mol. The van der Waals surface area contributed by atoms with Crippen LogP contribution in [-0.2, 0) is 0 Å². The number of hydrogen-bond acceptors (Lipinski definition) is 3. The molecule has 0 spiro atoms. The van der Waals surface area contributed by atoms with Gasteiger partial charge in [0.15, 0.2) is 5.78 Å². The molecule has 0 amide bonds. The van der Waals surface area contributed by atoms with Crippen molar-refractivity contribution in [2.75, 3.05) is 0 Å². The largest absolute Gasteiger partial charge is 0.294 e. The maximum atomic E-state index is 13.1. The summed E-state index contributed by atoms with van der Waals surface area (Å²) in [5, 5.41) is 1.25. The van der Waals surface area contributed by atoms with Gasteiger partial charge in [-0.3, -0.25) is 4.79 Å². The number of ketones is 1. The quantitative estimate of drug-likeness (QED) is 0.789. The second-order valence-corrected chi connectivity index (χ2v) is 5.11. The predicted molar refractivity (Wildman–Crippen MR) is 69.8 cm³/mol. The van der Waals surface area contributed by atoms with E-state index in [4.69, 9.17) is 11.6 Å². The molecule has 5 heteroatoms. The Labute approximate surface area is 113 Å². The monoisotopic (exact) mass is 281 g/mol. The summed E-state index contributed by atoms with van der Waals surface area (Å²) >= 11 is 7.04. The zero-order chi connectivity index (χ0) is 13.1. The average molecular weight is 282 g/mol.